The van der Waals surface area contributed by atoms with Crippen LogP contribution in [0.25, 0.3) is 0 Å². The second kappa shape index (κ2) is 5.17. The Morgan fingerprint density at radius 2 is 2.18 bits per heavy atom. The summed E-state index contributed by atoms with van der Waals surface area (Å²) in [6, 6.07) is 9.22. The molecule has 0 bridgehead atoms. The zero-order valence-electron chi connectivity index (χ0n) is 9.48. The van der Waals surface area contributed by atoms with Gasteiger partial charge in [0.1, 0.15) is 5.75 Å². The van der Waals surface area contributed by atoms with Gasteiger partial charge in [-0.15, -0.1) is 0 Å². The lowest BCUT2D eigenvalue weighted by Crippen LogP contribution is -2.01. The molecule has 3 nitrogen and oxygen atoms in total. The molecule has 0 aliphatic heterocycles. The fourth-order valence-corrected chi connectivity index (χ4v) is 1.62. The molecular weight excluding hydrogens is 236 g/mol. The third kappa shape index (κ3) is 2.75. The third-order valence-electron chi connectivity index (χ3n) is 2.43. The standard InChI is InChI=1S/C13H13ClN2O/c1-9-4-5-11(14)7-12(9)17-13-10(8-15)3-2-6-16-13/h2-7H,8,15H2,1H3. The van der Waals surface area contributed by atoms with E-state index in [4.69, 9.17) is 22.1 Å². The topological polar surface area (TPSA) is 48.1 Å². The van der Waals surface area contributed by atoms with Crippen molar-refractivity contribution in [3.8, 4) is 11.6 Å². The number of rotatable bonds is 3. The van der Waals surface area contributed by atoms with Gasteiger partial charge in [0.15, 0.2) is 0 Å². The SMILES string of the molecule is Cc1ccc(Cl)cc1Oc1ncccc1CN. The molecule has 1 aromatic carbocycles. The zero-order chi connectivity index (χ0) is 12.3. The highest BCUT2D eigenvalue weighted by molar-refractivity contribution is 6.30. The quantitative estimate of drug-likeness (QED) is 0.907. The van der Waals surface area contributed by atoms with Crippen molar-refractivity contribution < 1.29 is 4.74 Å². The van der Waals surface area contributed by atoms with Gasteiger partial charge in [0.05, 0.1) is 0 Å². The van der Waals surface area contributed by atoms with E-state index in [2.05, 4.69) is 4.98 Å². The largest absolute Gasteiger partial charge is 0.438 e. The predicted octanol–water partition coefficient (Wildman–Crippen LogP) is 3.29. The second-order valence-corrected chi connectivity index (χ2v) is 4.12. The number of aryl methyl sites for hydroxylation is 1. The second-order valence-electron chi connectivity index (χ2n) is 3.68. The summed E-state index contributed by atoms with van der Waals surface area (Å²) in [6.07, 6.45) is 1.67. The maximum absolute atomic E-state index is 5.93. The van der Waals surface area contributed by atoms with Crippen molar-refractivity contribution in [3.63, 3.8) is 0 Å². The van der Waals surface area contributed by atoms with Crippen molar-refractivity contribution in [1.29, 1.82) is 0 Å². The van der Waals surface area contributed by atoms with Crippen LogP contribution in [0.5, 0.6) is 11.6 Å². The molecule has 17 heavy (non-hydrogen) atoms. The molecule has 0 saturated heterocycles. The van der Waals surface area contributed by atoms with Gasteiger partial charge >= 0.3 is 0 Å². The molecule has 2 aromatic rings. The summed E-state index contributed by atoms with van der Waals surface area (Å²) >= 11 is 5.93. The van der Waals surface area contributed by atoms with Gasteiger partial charge in [0.25, 0.3) is 0 Å². The Kier molecular flexibility index (Phi) is 3.61. The Hall–Kier alpha value is -1.58. The summed E-state index contributed by atoms with van der Waals surface area (Å²) in [7, 11) is 0. The number of pyridine rings is 1. The van der Waals surface area contributed by atoms with E-state index in [1.807, 2.05) is 31.2 Å². The first-order chi connectivity index (χ1) is 8.20. The van der Waals surface area contributed by atoms with Gasteiger partial charge in [0.2, 0.25) is 5.88 Å². The molecule has 2 N–H and O–H groups in total. The molecular formula is C13H13ClN2O. The molecule has 0 atom stereocenters. The van der Waals surface area contributed by atoms with Crippen LogP contribution in [0.3, 0.4) is 0 Å². The normalized spacial score (nSPS) is 10.3. The Morgan fingerprint density at radius 3 is 2.94 bits per heavy atom. The minimum atomic E-state index is 0.392. The molecule has 0 fully saturated rings. The van der Waals surface area contributed by atoms with Crippen LogP contribution in [0, 0.1) is 6.92 Å². The van der Waals surface area contributed by atoms with Crippen LogP contribution >= 0.6 is 11.6 Å². The first-order valence-electron chi connectivity index (χ1n) is 5.28. The number of hydrogen-bond donors (Lipinski definition) is 1. The van der Waals surface area contributed by atoms with E-state index in [9.17, 15) is 0 Å². The smallest absolute Gasteiger partial charge is 0.223 e. The van der Waals surface area contributed by atoms with Gasteiger partial charge in [0, 0.05) is 23.3 Å². The summed E-state index contributed by atoms with van der Waals surface area (Å²) < 4.78 is 5.74. The summed E-state index contributed by atoms with van der Waals surface area (Å²) in [5.74, 6) is 1.23. The van der Waals surface area contributed by atoms with Gasteiger partial charge in [-0.25, -0.2) is 4.98 Å². The first kappa shape index (κ1) is 11.9. The molecule has 0 saturated carbocycles. The predicted molar refractivity (Wildman–Crippen MR) is 68.4 cm³/mol. The highest BCUT2D eigenvalue weighted by atomic mass is 35.5. The first-order valence-corrected chi connectivity index (χ1v) is 5.66. The number of halogens is 1. The number of hydrogen-bond acceptors (Lipinski definition) is 3. The van der Waals surface area contributed by atoms with E-state index in [-0.39, 0.29) is 0 Å². The lowest BCUT2D eigenvalue weighted by atomic mass is 10.2. The van der Waals surface area contributed by atoms with Crippen molar-refractivity contribution in [1.82, 2.24) is 4.98 Å². The average molecular weight is 249 g/mol. The fraction of sp³-hybridized carbons (Fsp3) is 0.154. The summed E-state index contributed by atoms with van der Waals surface area (Å²) in [5, 5.41) is 0.635. The number of ether oxygens (including phenoxy) is 1. The molecule has 4 heteroatoms. The van der Waals surface area contributed by atoms with Crippen LogP contribution in [0.15, 0.2) is 36.5 Å². The van der Waals surface area contributed by atoms with Crippen molar-refractivity contribution in [2.24, 2.45) is 5.73 Å². The summed E-state index contributed by atoms with van der Waals surface area (Å²) in [5.41, 5.74) is 7.50. The summed E-state index contributed by atoms with van der Waals surface area (Å²) in [4.78, 5) is 4.17. The van der Waals surface area contributed by atoms with E-state index >= 15 is 0 Å². The van der Waals surface area contributed by atoms with Crippen LogP contribution in [-0.2, 0) is 6.54 Å². The molecule has 0 unspecified atom stereocenters. The van der Waals surface area contributed by atoms with Gasteiger partial charge in [-0.2, -0.15) is 0 Å². The van der Waals surface area contributed by atoms with Crippen LogP contribution in [0.2, 0.25) is 5.02 Å². The Morgan fingerprint density at radius 1 is 1.35 bits per heavy atom. The van der Waals surface area contributed by atoms with E-state index in [0.29, 0.717) is 23.2 Å². The molecule has 88 valence electrons. The van der Waals surface area contributed by atoms with E-state index < -0.39 is 0 Å². The third-order valence-corrected chi connectivity index (χ3v) is 2.66. The summed E-state index contributed by atoms with van der Waals surface area (Å²) in [6.45, 7) is 2.35. The molecule has 0 amide bonds. The molecule has 0 aliphatic rings. The Labute approximate surface area is 105 Å². The highest BCUT2D eigenvalue weighted by Crippen LogP contribution is 2.28. The fourth-order valence-electron chi connectivity index (χ4n) is 1.46. The minimum absolute atomic E-state index is 0.392. The van der Waals surface area contributed by atoms with Crippen molar-refractivity contribution in [3.05, 3.63) is 52.7 Å². The maximum atomic E-state index is 5.93. The van der Waals surface area contributed by atoms with Gasteiger partial charge in [-0.1, -0.05) is 23.7 Å². The van der Waals surface area contributed by atoms with Crippen LogP contribution in [0.1, 0.15) is 11.1 Å². The number of benzene rings is 1. The molecule has 0 spiro atoms. The van der Waals surface area contributed by atoms with E-state index in [0.717, 1.165) is 11.1 Å². The molecule has 1 aromatic heterocycles. The van der Waals surface area contributed by atoms with Gasteiger partial charge < -0.3 is 10.5 Å². The van der Waals surface area contributed by atoms with Crippen LogP contribution in [-0.4, -0.2) is 4.98 Å². The monoisotopic (exact) mass is 248 g/mol. The van der Waals surface area contributed by atoms with Crippen LogP contribution < -0.4 is 10.5 Å². The van der Waals surface area contributed by atoms with Crippen LogP contribution in [0.4, 0.5) is 0 Å². The highest BCUT2D eigenvalue weighted by Gasteiger charge is 2.07. The maximum Gasteiger partial charge on any atom is 0.223 e. The lowest BCUT2D eigenvalue weighted by molar-refractivity contribution is 0.453. The molecule has 2 rings (SSSR count). The molecule has 0 aliphatic carbocycles. The Balaban J connectivity index is 2.34. The van der Waals surface area contributed by atoms with Crippen molar-refractivity contribution >= 4 is 11.6 Å². The molecule has 0 radical (unpaired) electrons. The average Bonchev–Trinajstić information content (AvgIpc) is 2.34. The number of aromatic nitrogens is 1. The van der Waals surface area contributed by atoms with Crippen molar-refractivity contribution in [2.45, 2.75) is 13.5 Å². The van der Waals surface area contributed by atoms with Crippen molar-refractivity contribution in [2.75, 3.05) is 0 Å². The number of nitrogens with two attached hydrogens (primary N) is 1. The zero-order valence-corrected chi connectivity index (χ0v) is 10.2. The minimum Gasteiger partial charge on any atom is -0.438 e. The van der Waals surface area contributed by atoms with E-state index in [1.165, 1.54) is 0 Å². The van der Waals surface area contributed by atoms with Gasteiger partial charge in [-0.05, 0) is 30.7 Å². The van der Waals surface area contributed by atoms with Gasteiger partial charge in [-0.3, -0.25) is 0 Å². The van der Waals surface area contributed by atoms with E-state index in [1.54, 1.807) is 12.3 Å². The number of nitrogens with zero attached hydrogens (tertiary/aromatic N) is 1. The molecule has 1 heterocycles. The lowest BCUT2D eigenvalue weighted by Gasteiger charge is -2.10. The Bertz CT molecular complexity index is 529.